The summed E-state index contributed by atoms with van der Waals surface area (Å²) < 4.78 is 17.3. The molecule has 1 aromatic heterocycles. The summed E-state index contributed by atoms with van der Waals surface area (Å²) in [6.45, 7) is 5.89. The fraction of sp³-hybridized carbons (Fsp3) is 0.438. The molecule has 1 heterocycles. The van der Waals surface area contributed by atoms with Crippen molar-refractivity contribution in [3.05, 3.63) is 45.8 Å². The van der Waals surface area contributed by atoms with Crippen molar-refractivity contribution in [3.63, 3.8) is 0 Å². The highest BCUT2D eigenvalue weighted by atomic mass is 16.7. The lowest BCUT2D eigenvalue weighted by atomic mass is 10.2. The highest BCUT2D eigenvalue weighted by Gasteiger charge is 2.31. The zero-order valence-corrected chi connectivity index (χ0v) is 14.7. The molecule has 0 spiro atoms. The molecule has 0 fully saturated rings. The van der Waals surface area contributed by atoms with Crippen LogP contribution in [0.25, 0.3) is 5.69 Å². The number of rotatable bonds is 9. The first kappa shape index (κ1) is 19.5. The summed E-state index contributed by atoms with van der Waals surface area (Å²) in [6.07, 6.45) is -0.987. The van der Waals surface area contributed by atoms with Crippen LogP contribution in [0.4, 0.5) is 5.69 Å². The number of ether oxygens (including phenoxy) is 3. The molecule has 0 saturated heterocycles. The van der Waals surface area contributed by atoms with Gasteiger partial charge in [-0.25, -0.2) is 9.48 Å². The van der Waals surface area contributed by atoms with E-state index in [1.807, 2.05) is 0 Å². The smallest absolute Gasteiger partial charge is 0.361 e. The number of nitro groups is 1. The molecular weight excluding hydrogens is 344 g/mol. The predicted octanol–water partition coefficient (Wildman–Crippen LogP) is 2.42. The average molecular weight is 364 g/mol. The van der Waals surface area contributed by atoms with Crippen molar-refractivity contribution in [1.82, 2.24) is 15.0 Å². The van der Waals surface area contributed by atoms with Crippen LogP contribution in [0.2, 0.25) is 0 Å². The number of carbonyl (C=O) groups is 1. The van der Waals surface area contributed by atoms with E-state index in [2.05, 4.69) is 10.3 Å². The summed E-state index contributed by atoms with van der Waals surface area (Å²) in [5.74, 6) is -0.711. The monoisotopic (exact) mass is 364 g/mol. The molecule has 1 aromatic carbocycles. The van der Waals surface area contributed by atoms with Gasteiger partial charge in [-0.05, 0) is 26.8 Å². The molecule has 2 aromatic rings. The Kier molecular flexibility index (Phi) is 6.75. The minimum atomic E-state index is -0.987. The molecule has 2 rings (SSSR count). The molecule has 0 N–H and O–H groups in total. The minimum absolute atomic E-state index is 0.114. The minimum Gasteiger partial charge on any atom is -0.461 e. The lowest BCUT2D eigenvalue weighted by Gasteiger charge is -2.18. The molecule has 10 nitrogen and oxygen atoms in total. The molecule has 0 unspecified atom stereocenters. The topological polar surface area (TPSA) is 119 Å². The van der Waals surface area contributed by atoms with Gasteiger partial charge < -0.3 is 14.2 Å². The summed E-state index contributed by atoms with van der Waals surface area (Å²) in [7, 11) is 0. The quantitative estimate of drug-likeness (QED) is 0.288. The van der Waals surface area contributed by atoms with Gasteiger partial charge in [-0.2, -0.15) is 0 Å². The Morgan fingerprint density at radius 1 is 1.19 bits per heavy atom. The average Bonchev–Trinajstić information content (AvgIpc) is 3.06. The fourth-order valence-corrected chi connectivity index (χ4v) is 2.33. The third-order valence-corrected chi connectivity index (χ3v) is 3.34. The maximum atomic E-state index is 12.3. The molecule has 10 heteroatoms. The molecule has 0 saturated carbocycles. The van der Waals surface area contributed by atoms with Crippen molar-refractivity contribution in [3.8, 4) is 5.69 Å². The Bertz CT molecular complexity index is 770. The third kappa shape index (κ3) is 4.03. The van der Waals surface area contributed by atoms with Gasteiger partial charge in [-0.15, -0.1) is 5.10 Å². The van der Waals surface area contributed by atoms with E-state index in [1.165, 1.54) is 22.9 Å². The van der Waals surface area contributed by atoms with Crippen molar-refractivity contribution >= 4 is 11.7 Å². The van der Waals surface area contributed by atoms with Crippen molar-refractivity contribution in [2.45, 2.75) is 27.1 Å². The Balaban J connectivity index is 2.67. The van der Waals surface area contributed by atoms with Gasteiger partial charge in [0.2, 0.25) is 6.29 Å². The number of carbonyl (C=O) groups excluding carboxylic acids is 1. The standard InChI is InChI=1S/C16H20N4O6/c1-4-24-15(21)13-14(16(25-5-2)26-6-3)19(18-17-13)11-9-7-8-10-12(11)20(22)23/h7-10,16H,4-6H2,1-3H3. The number of benzene rings is 1. The van der Waals surface area contributed by atoms with E-state index in [4.69, 9.17) is 14.2 Å². The maximum absolute atomic E-state index is 12.3. The summed E-state index contributed by atoms with van der Waals surface area (Å²) in [5, 5.41) is 19.1. The Morgan fingerprint density at radius 2 is 1.85 bits per heavy atom. The van der Waals surface area contributed by atoms with Crippen molar-refractivity contribution < 1.29 is 23.9 Å². The largest absolute Gasteiger partial charge is 0.461 e. The van der Waals surface area contributed by atoms with E-state index in [0.29, 0.717) is 0 Å². The van der Waals surface area contributed by atoms with Crippen LogP contribution in [-0.4, -0.2) is 45.7 Å². The zero-order valence-electron chi connectivity index (χ0n) is 14.7. The van der Waals surface area contributed by atoms with E-state index in [1.54, 1.807) is 26.8 Å². The zero-order chi connectivity index (χ0) is 19.1. The van der Waals surface area contributed by atoms with Crippen LogP contribution in [0.1, 0.15) is 43.2 Å². The summed E-state index contributed by atoms with van der Waals surface area (Å²) in [6, 6.07) is 5.99. The van der Waals surface area contributed by atoms with Crippen LogP contribution in [0.15, 0.2) is 24.3 Å². The Morgan fingerprint density at radius 3 is 2.42 bits per heavy atom. The van der Waals surface area contributed by atoms with E-state index in [9.17, 15) is 14.9 Å². The van der Waals surface area contributed by atoms with E-state index in [-0.39, 0.29) is 42.6 Å². The molecular formula is C16H20N4O6. The van der Waals surface area contributed by atoms with Gasteiger partial charge in [0.25, 0.3) is 5.69 Å². The number of hydrogen-bond donors (Lipinski definition) is 0. The maximum Gasteiger partial charge on any atom is 0.361 e. The number of para-hydroxylation sites is 2. The lowest BCUT2D eigenvalue weighted by molar-refractivity contribution is -0.384. The fourth-order valence-electron chi connectivity index (χ4n) is 2.33. The highest BCUT2D eigenvalue weighted by molar-refractivity contribution is 5.88. The molecule has 0 aliphatic rings. The van der Waals surface area contributed by atoms with Gasteiger partial charge in [0, 0.05) is 19.3 Å². The molecule has 26 heavy (non-hydrogen) atoms. The number of nitro benzene ring substituents is 1. The van der Waals surface area contributed by atoms with Gasteiger partial charge in [-0.3, -0.25) is 10.1 Å². The van der Waals surface area contributed by atoms with Crippen molar-refractivity contribution in [1.29, 1.82) is 0 Å². The first-order chi connectivity index (χ1) is 12.5. The second-order valence-electron chi connectivity index (χ2n) is 4.94. The number of nitrogens with zero attached hydrogens (tertiary/aromatic N) is 4. The molecule has 0 bridgehead atoms. The van der Waals surface area contributed by atoms with Crippen LogP contribution in [0.5, 0.6) is 0 Å². The van der Waals surface area contributed by atoms with E-state index in [0.717, 1.165) is 0 Å². The van der Waals surface area contributed by atoms with E-state index >= 15 is 0 Å². The van der Waals surface area contributed by atoms with Crippen LogP contribution >= 0.6 is 0 Å². The van der Waals surface area contributed by atoms with Crippen molar-refractivity contribution in [2.75, 3.05) is 19.8 Å². The summed E-state index contributed by atoms with van der Waals surface area (Å²) in [4.78, 5) is 23.1. The molecule has 140 valence electrons. The van der Waals surface area contributed by atoms with Gasteiger partial charge in [0.05, 0.1) is 11.5 Å². The summed E-state index contributed by atoms with van der Waals surface area (Å²) >= 11 is 0. The summed E-state index contributed by atoms with van der Waals surface area (Å²) in [5.41, 5.74) is -0.0286. The van der Waals surface area contributed by atoms with Gasteiger partial charge >= 0.3 is 5.97 Å². The molecule has 0 atom stereocenters. The second-order valence-corrected chi connectivity index (χ2v) is 4.94. The molecule has 0 aliphatic carbocycles. The molecule has 0 amide bonds. The third-order valence-electron chi connectivity index (χ3n) is 3.34. The molecule has 0 aliphatic heterocycles. The van der Waals surface area contributed by atoms with Crippen molar-refractivity contribution in [2.24, 2.45) is 0 Å². The number of aromatic nitrogens is 3. The van der Waals surface area contributed by atoms with Crippen LogP contribution < -0.4 is 0 Å². The first-order valence-corrected chi connectivity index (χ1v) is 8.14. The van der Waals surface area contributed by atoms with Crippen LogP contribution in [0.3, 0.4) is 0 Å². The number of hydrogen-bond acceptors (Lipinski definition) is 8. The van der Waals surface area contributed by atoms with Crippen LogP contribution in [0, 0.1) is 10.1 Å². The Labute approximate surface area is 149 Å². The number of esters is 1. The lowest BCUT2D eigenvalue weighted by Crippen LogP contribution is -2.19. The second kappa shape index (κ2) is 9.02. The highest BCUT2D eigenvalue weighted by Crippen LogP contribution is 2.29. The normalized spacial score (nSPS) is 10.9. The predicted molar refractivity (Wildman–Crippen MR) is 90.0 cm³/mol. The SMILES string of the molecule is CCOC(=O)c1nnn(-c2ccccc2[N+](=O)[O-])c1C(OCC)OCC. The van der Waals surface area contributed by atoms with Gasteiger partial charge in [0.15, 0.2) is 5.69 Å². The Hall–Kier alpha value is -2.85. The first-order valence-electron chi connectivity index (χ1n) is 8.14. The van der Waals surface area contributed by atoms with Gasteiger partial charge in [0.1, 0.15) is 11.4 Å². The molecule has 0 radical (unpaired) electrons. The van der Waals surface area contributed by atoms with E-state index < -0.39 is 17.2 Å². The van der Waals surface area contributed by atoms with Crippen LogP contribution in [-0.2, 0) is 14.2 Å². The van der Waals surface area contributed by atoms with Gasteiger partial charge in [-0.1, -0.05) is 17.3 Å².